The molecule has 0 radical (unpaired) electrons. The summed E-state index contributed by atoms with van der Waals surface area (Å²) in [6, 6.07) is 0. The third-order valence-electron chi connectivity index (χ3n) is 3.02. The van der Waals surface area contributed by atoms with Gasteiger partial charge in [0.25, 0.3) is 0 Å². The van der Waals surface area contributed by atoms with E-state index in [1.54, 1.807) is 11.8 Å². The van der Waals surface area contributed by atoms with Gasteiger partial charge in [-0.25, -0.2) is 4.98 Å². The first-order valence-electron chi connectivity index (χ1n) is 6.72. The molecular formula is C14H19N3O2S2. The van der Waals surface area contributed by atoms with Crippen LogP contribution in [-0.2, 0) is 10.5 Å². The van der Waals surface area contributed by atoms with E-state index in [1.165, 1.54) is 11.3 Å². The Morgan fingerprint density at radius 3 is 2.81 bits per heavy atom. The summed E-state index contributed by atoms with van der Waals surface area (Å²) >= 11 is 3.01. The van der Waals surface area contributed by atoms with Crippen LogP contribution < -0.4 is 5.32 Å². The Balaban J connectivity index is 1.79. The summed E-state index contributed by atoms with van der Waals surface area (Å²) in [6.07, 6.45) is 0. The van der Waals surface area contributed by atoms with Gasteiger partial charge in [0.15, 0.2) is 5.13 Å². The fourth-order valence-electron chi connectivity index (χ4n) is 1.72. The van der Waals surface area contributed by atoms with Gasteiger partial charge in [0.05, 0.1) is 17.1 Å². The van der Waals surface area contributed by atoms with Crippen LogP contribution in [0, 0.1) is 13.8 Å². The number of thiazole rings is 1. The smallest absolute Gasteiger partial charge is 0.236 e. The lowest BCUT2D eigenvalue weighted by Crippen LogP contribution is -2.14. The minimum atomic E-state index is -0.0311. The van der Waals surface area contributed by atoms with Gasteiger partial charge in [0.2, 0.25) is 5.91 Å². The molecule has 0 atom stereocenters. The summed E-state index contributed by atoms with van der Waals surface area (Å²) in [7, 11) is 0. The molecule has 0 spiro atoms. The van der Waals surface area contributed by atoms with Gasteiger partial charge >= 0.3 is 0 Å². The number of rotatable bonds is 6. The molecule has 21 heavy (non-hydrogen) atoms. The van der Waals surface area contributed by atoms with E-state index in [2.05, 4.69) is 29.3 Å². The number of nitrogens with zero attached hydrogens (tertiary/aromatic N) is 2. The Hall–Kier alpha value is -1.34. The van der Waals surface area contributed by atoms with Crippen LogP contribution in [0.15, 0.2) is 9.90 Å². The number of hydrogen-bond donors (Lipinski definition) is 1. The third-order valence-corrected chi connectivity index (χ3v) is 4.76. The van der Waals surface area contributed by atoms with Crippen molar-refractivity contribution in [1.82, 2.24) is 10.1 Å². The maximum Gasteiger partial charge on any atom is 0.236 e. The standard InChI is InChI=1S/C14H19N3O2S2/c1-8(2)12-6-21-14(15-12)16-13(18)7-20-5-11-9(3)17-19-10(11)4/h6,8H,5,7H2,1-4H3,(H,15,16,18). The topological polar surface area (TPSA) is 68.0 Å². The Morgan fingerprint density at radius 2 is 2.24 bits per heavy atom. The van der Waals surface area contributed by atoms with Gasteiger partial charge in [-0.15, -0.1) is 23.1 Å². The average molecular weight is 325 g/mol. The zero-order valence-electron chi connectivity index (χ0n) is 12.6. The van der Waals surface area contributed by atoms with Crippen LogP contribution in [0.3, 0.4) is 0 Å². The van der Waals surface area contributed by atoms with Crippen molar-refractivity contribution in [3.63, 3.8) is 0 Å². The largest absolute Gasteiger partial charge is 0.361 e. The molecule has 0 saturated heterocycles. The summed E-state index contributed by atoms with van der Waals surface area (Å²) in [5.41, 5.74) is 2.98. The van der Waals surface area contributed by atoms with Crippen LogP contribution in [0.25, 0.3) is 0 Å². The number of carbonyl (C=O) groups is 1. The van der Waals surface area contributed by atoms with E-state index in [9.17, 15) is 4.79 Å². The molecule has 2 rings (SSSR count). The quantitative estimate of drug-likeness (QED) is 0.876. The van der Waals surface area contributed by atoms with Crippen molar-refractivity contribution in [3.05, 3.63) is 28.1 Å². The van der Waals surface area contributed by atoms with E-state index in [1.807, 2.05) is 19.2 Å². The number of anilines is 1. The number of aromatic nitrogens is 2. The molecule has 0 fully saturated rings. The number of thioether (sulfide) groups is 1. The number of nitrogens with one attached hydrogen (secondary N) is 1. The predicted molar refractivity (Wildman–Crippen MR) is 87.0 cm³/mol. The maximum absolute atomic E-state index is 11.9. The number of aryl methyl sites for hydroxylation is 2. The van der Waals surface area contributed by atoms with Gasteiger partial charge in [0.1, 0.15) is 5.76 Å². The van der Waals surface area contributed by atoms with Crippen molar-refractivity contribution in [2.45, 2.75) is 39.4 Å². The Bertz CT molecular complexity index is 600. The normalized spacial score (nSPS) is 11.1. The van der Waals surface area contributed by atoms with Crippen LogP contribution >= 0.6 is 23.1 Å². The monoisotopic (exact) mass is 325 g/mol. The predicted octanol–water partition coefficient (Wildman–Crippen LogP) is 3.74. The van der Waals surface area contributed by atoms with E-state index in [0.29, 0.717) is 16.8 Å². The molecule has 114 valence electrons. The zero-order valence-corrected chi connectivity index (χ0v) is 14.2. The van der Waals surface area contributed by atoms with E-state index in [4.69, 9.17) is 4.52 Å². The zero-order chi connectivity index (χ0) is 15.4. The summed E-state index contributed by atoms with van der Waals surface area (Å²) in [5, 5.41) is 9.39. The van der Waals surface area contributed by atoms with Crippen LogP contribution in [0.5, 0.6) is 0 Å². The van der Waals surface area contributed by atoms with Crippen LogP contribution in [0.1, 0.15) is 42.5 Å². The van der Waals surface area contributed by atoms with E-state index in [-0.39, 0.29) is 5.91 Å². The molecule has 0 bridgehead atoms. The molecule has 1 amide bonds. The maximum atomic E-state index is 11.9. The van der Waals surface area contributed by atoms with Crippen molar-refractivity contribution < 1.29 is 9.32 Å². The molecule has 0 aliphatic carbocycles. The Morgan fingerprint density at radius 1 is 1.48 bits per heavy atom. The second kappa shape index (κ2) is 7.09. The van der Waals surface area contributed by atoms with Gasteiger partial charge in [-0.05, 0) is 19.8 Å². The molecule has 0 aliphatic rings. The third kappa shape index (κ3) is 4.31. The van der Waals surface area contributed by atoms with Crippen LogP contribution in [0.4, 0.5) is 5.13 Å². The first-order valence-corrected chi connectivity index (χ1v) is 8.75. The molecule has 0 unspecified atom stereocenters. The molecule has 0 saturated carbocycles. The van der Waals surface area contributed by atoms with E-state index < -0.39 is 0 Å². The minimum Gasteiger partial charge on any atom is -0.361 e. The first-order chi connectivity index (χ1) is 9.97. The molecule has 1 N–H and O–H groups in total. The summed E-state index contributed by atoms with van der Waals surface area (Å²) in [5.74, 6) is 2.28. The highest BCUT2D eigenvalue weighted by molar-refractivity contribution is 7.99. The summed E-state index contributed by atoms with van der Waals surface area (Å²) in [4.78, 5) is 16.3. The minimum absolute atomic E-state index is 0.0311. The highest BCUT2D eigenvalue weighted by Gasteiger charge is 2.11. The van der Waals surface area contributed by atoms with Gasteiger partial charge in [0, 0.05) is 16.7 Å². The molecule has 7 heteroatoms. The summed E-state index contributed by atoms with van der Waals surface area (Å²) < 4.78 is 5.10. The van der Waals surface area contributed by atoms with Crippen molar-refractivity contribution in [1.29, 1.82) is 0 Å². The molecule has 2 aromatic heterocycles. The number of hydrogen-bond acceptors (Lipinski definition) is 6. The SMILES string of the molecule is Cc1noc(C)c1CSCC(=O)Nc1nc(C(C)C)cs1. The van der Waals surface area contributed by atoms with Crippen LogP contribution in [0.2, 0.25) is 0 Å². The average Bonchev–Trinajstić information content (AvgIpc) is 3.00. The highest BCUT2D eigenvalue weighted by Crippen LogP contribution is 2.22. The lowest BCUT2D eigenvalue weighted by molar-refractivity contribution is -0.113. The molecule has 0 aliphatic heterocycles. The Kier molecular flexibility index (Phi) is 5.41. The summed E-state index contributed by atoms with van der Waals surface area (Å²) in [6.45, 7) is 7.97. The lowest BCUT2D eigenvalue weighted by atomic mass is 10.2. The molecule has 2 heterocycles. The first kappa shape index (κ1) is 16.0. The van der Waals surface area contributed by atoms with Gasteiger partial charge in [-0.3, -0.25) is 4.79 Å². The fraction of sp³-hybridized carbons (Fsp3) is 0.500. The fourth-order valence-corrected chi connectivity index (χ4v) is 3.58. The molecule has 0 aromatic carbocycles. The highest BCUT2D eigenvalue weighted by atomic mass is 32.2. The molecule has 5 nitrogen and oxygen atoms in total. The van der Waals surface area contributed by atoms with E-state index >= 15 is 0 Å². The van der Waals surface area contributed by atoms with Crippen molar-refractivity contribution in [2.24, 2.45) is 0 Å². The van der Waals surface area contributed by atoms with Gasteiger partial charge in [-0.1, -0.05) is 19.0 Å². The molecular weight excluding hydrogens is 306 g/mol. The van der Waals surface area contributed by atoms with Crippen molar-refractivity contribution in [3.8, 4) is 0 Å². The lowest BCUT2D eigenvalue weighted by Gasteiger charge is -2.02. The Labute approximate surface area is 132 Å². The second-order valence-electron chi connectivity index (χ2n) is 5.08. The van der Waals surface area contributed by atoms with Gasteiger partial charge < -0.3 is 9.84 Å². The molecule has 2 aromatic rings. The number of carbonyl (C=O) groups excluding carboxylic acids is 1. The van der Waals surface area contributed by atoms with Crippen molar-refractivity contribution in [2.75, 3.05) is 11.1 Å². The van der Waals surface area contributed by atoms with Crippen molar-refractivity contribution >= 4 is 34.1 Å². The van der Waals surface area contributed by atoms with Gasteiger partial charge in [-0.2, -0.15) is 0 Å². The second-order valence-corrected chi connectivity index (χ2v) is 6.92. The number of amides is 1. The van der Waals surface area contributed by atoms with Crippen LogP contribution in [-0.4, -0.2) is 21.8 Å². The van der Waals surface area contributed by atoms with E-state index in [0.717, 1.165) is 28.5 Å².